The Balaban J connectivity index is 2.21. The fraction of sp³-hybridized carbons (Fsp3) is 0.238. The Kier molecular flexibility index (Phi) is 5.10. The Morgan fingerprint density at radius 3 is 2.37 bits per heavy atom. The molecular weight excluding hydrogens is 349 g/mol. The Bertz CT molecular complexity index is 918. The van der Waals surface area contributed by atoms with E-state index in [0.717, 1.165) is 10.5 Å². The summed E-state index contributed by atoms with van der Waals surface area (Å²) in [7, 11) is 0. The Hall–Kier alpha value is -2.99. The minimum Gasteiger partial charge on any atom is -0.507 e. The van der Waals surface area contributed by atoms with Gasteiger partial charge in [-0.1, -0.05) is 48.0 Å². The molecule has 2 aromatic rings. The second-order valence-corrected chi connectivity index (χ2v) is 6.69. The highest BCUT2D eigenvalue weighted by molar-refractivity contribution is 6.46. The minimum atomic E-state index is -1.11. The number of β-amino-alcohol motifs (C(OH)–C–C–N with tert-alkyl or cyclic N) is 1. The number of likely N-dealkylation sites (tertiary alicyclic amines) is 1. The van der Waals surface area contributed by atoms with Crippen LogP contribution in [0.15, 0.2) is 54.1 Å². The van der Waals surface area contributed by atoms with Gasteiger partial charge in [0.25, 0.3) is 11.7 Å². The fourth-order valence-electron chi connectivity index (χ4n) is 3.24. The van der Waals surface area contributed by atoms with Crippen molar-refractivity contribution in [2.75, 3.05) is 6.54 Å². The average molecular weight is 369 g/mol. The third-order valence-corrected chi connectivity index (χ3v) is 4.53. The lowest BCUT2D eigenvalue weighted by Gasteiger charge is -2.26. The van der Waals surface area contributed by atoms with Gasteiger partial charge in [0.05, 0.1) is 17.7 Å². The summed E-state index contributed by atoms with van der Waals surface area (Å²) in [6, 6.07) is 11.5. The molecule has 1 aliphatic rings. The first-order valence-corrected chi connectivity index (χ1v) is 8.59. The van der Waals surface area contributed by atoms with E-state index in [9.17, 15) is 24.2 Å². The van der Waals surface area contributed by atoms with Gasteiger partial charge in [0.15, 0.2) is 0 Å². The molecule has 0 spiro atoms. The van der Waals surface area contributed by atoms with Crippen LogP contribution >= 0.6 is 0 Å². The van der Waals surface area contributed by atoms with Gasteiger partial charge in [0, 0.05) is 17.7 Å². The quantitative estimate of drug-likeness (QED) is 0.493. The van der Waals surface area contributed by atoms with Gasteiger partial charge in [-0.2, -0.15) is 0 Å². The summed E-state index contributed by atoms with van der Waals surface area (Å²) in [6.07, 6.45) is -0.920. The predicted octanol–water partition coefficient (Wildman–Crippen LogP) is 2.94. The van der Waals surface area contributed by atoms with Crippen molar-refractivity contribution >= 4 is 17.4 Å². The van der Waals surface area contributed by atoms with E-state index in [-0.39, 0.29) is 23.4 Å². The summed E-state index contributed by atoms with van der Waals surface area (Å²) in [5.74, 6) is -2.75. The topological polar surface area (TPSA) is 77.8 Å². The lowest BCUT2D eigenvalue weighted by Crippen LogP contribution is -2.35. The molecule has 1 aliphatic heterocycles. The third-order valence-electron chi connectivity index (χ3n) is 4.53. The normalized spacial score (nSPS) is 20.1. The third kappa shape index (κ3) is 3.48. The molecule has 0 aliphatic carbocycles. The largest absolute Gasteiger partial charge is 0.507 e. The van der Waals surface area contributed by atoms with Crippen LogP contribution in [0.4, 0.5) is 4.39 Å². The smallest absolute Gasteiger partial charge is 0.295 e. The van der Waals surface area contributed by atoms with E-state index in [1.807, 2.05) is 6.92 Å². The maximum Gasteiger partial charge on any atom is 0.295 e. The van der Waals surface area contributed by atoms with Gasteiger partial charge in [0.1, 0.15) is 11.6 Å². The van der Waals surface area contributed by atoms with Crippen LogP contribution in [-0.4, -0.2) is 39.5 Å². The number of hydrogen-bond acceptors (Lipinski definition) is 4. The number of Topliss-reactive ketones (excluding diaryl/α,β-unsaturated/α-hetero) is 1. The minimum absolute atomic E-state index is 0.0889. The number of carbonyl (C=O) groups is 2. The summed E-state index contributed by atoms with van der Waals surface area (Å²) in [5.41, 5.74) is 1.23. The number of carbonyl (C=O) groups excluding carboxylic acids is 2. The first-order valence-electron chi connectivity index (χ1n) is 8.59. The van der Waals surface area contributed by atoms with Crippen LogP contribution in [0.25, 0.3) is 5.76 Å². The maximum atomic E-state index is 14.5. The maximum absolute atomic E-state index is 14.5. The van der Waals surface area contributed by atoms with Crippen LogP contribution < -0.4 is 0 Å². The summed E-state index contributed by atoms with van der Waals surface area (Å²) in [6.45, 7) is 3.19. The molecule has 1 heterocycles. The van der Waals surface area contributed by atoms with Crippen molar-refractivity contribution in [3.05, 3.63) is 76.6 Å². The van der Waals surface area contributed by atoms with Crippen LogP contribution in [0.2, 0.25) is 0 Å². The highest BCUT2D eigenvalue weighted by atomic mass is 19.1. The van der Waals surface area contributed by atoms with Gasteiger partial charge < -0.3 is 15.1 Å². The molecule has 2 aromatic carbocycles. The van der Waals surface area contributed by atoms with E-state index < -0.39 is 29.7 Å². The van der Waals surface area contributed by atoms with Crippen LogP contribution in [0.1, 0.15) is 29.7 Å². The molecular formula is C21H20FNO4. The average Bonchev–Trinajstić information content (AvgIpc) is 2.86. The molecule has 1 saturated heterocycles. The molecule has 1 fully saturated rings. The van der Waals surface area contributed by atoms with E-state index >= 15 is 0 Å². The van der Waals surface area contributed by atoms with Crippen LogP contribution in [-0.2, 0) is 9.59 Å². The molecule has 6 heteroatoms. The second-order valence-electron chi connectivity index (χ2n) is 6.69. The molecule has 0 aromatic heterocycles. The van der Waals surface area contributed by atoms with Crippen molar-refractivity contribution in [2.24, 2.45) is 0 Å². The summed E-state index contributed by atoms with van der Waals surface area (Å²) < 4.78 is 14.5. The molecule has 140 valence electrons. The number of ketones is 1. The van der Waals surface area contributed by atoms with Gasteiger partial charge in [0.2, 0.25) is 0 Å². The molecule has 5 nitrogen and oxygen atoms in total. The zero-order valence-corrected chi connectivity index (χ0v) is 15.0. The monoisotopic (exact) mass is 369 g/mol. The summed E-state index contributed by atoms with van der Waals surface area (Å²) >= 11 is 0. The van der Waals surface area contributed by atoms with Gasteiger partial charge in [-0.25, -0.2) is 4.39 Å². The number of halogens is 1. The SMILES string of the molecule is Cc1ccc(C(O)=C2C(=O)C(=O)N(CC(C)O)C2c2ccccc2F)cc1. The van der Waals surface area contributed by atoms with Crippen molar-refractivity contribution < 1.29 is 24.2 Å². The lowest BCUT2D eigenvalue weighted by molar-refractivity contribution is -0.140. The standard InChI is InChI=1S/C21H20FNO4/c1-12-7-9-14(10-8-12)19(25)17-18(15-5-3-4-6-16(15)22)23(11-13(2)24)21(27)20(17)26/h3-10,13,18,24-25H,11H2,1-2H3. The van der Waals surface area contributed by atoms with Gasteiger partial charge >= 0.3 is 0 Å². The van der Waals surface area contributed by atoms with E-state index in [1.54, 1.807) is 30.3 Å². The van der Waals surface area contributed by atoms with E-state index in [4.69, 9.17) is 0 Å². The predicted molar refractivity (Wildman–Crippen MR) is 98.3 cm³/mol. The molecule has 0 bridgehead atoms. The molecule has 2 unspecified atom stereocenters. The molecule has 3 rings (SSSR count). The lowest BCUT2D eigenvalue weighted by atomic mass is 9.94. The molecule has 2 atom stereocenters. The first kappa shape index (κ1) is 18.8. The van der Waals surface area contributed by atoms with Crippen molar-refractivity contribution in [1.82, 2.24) is 4.90 Å². The van der Waals surface area contributed by atoms with Crippen LogP contribution in [0, 0.1) is 12.7 Å². The van der Waals surface area contributed by atoms with E-state index in [1.165, 1.54) is 25.1 Å². The Morgan fingerprint density at radius 2 is 1.78 bits per heavy atom. The molecule has 0 radical (unpaired) electrons. The number of amides is 1. The van der Waals surface area contributed by atoms with Crippen molar-refractivity contribution in [3.63, 3.8) is 0 Å². The highest BCUT2D eigenvalue weighted by Crippen LogP contribution is 2.40. The van der Waals surface area contributed by atoms with Crippen molar-refractivity contribution in [3.8, 4) is 0 Å². The highest BCUT2D eigenvalue weighted by Gasteiger charge is 2.47. The zero-order valence-electron chi connectivity index (χ0n) is 15.0. The van der Waals surface area contributed by atoms with E-state index in [0.29, 0.717) is 5.56 Å². The fourth-order valence-corrected chi connectivity index (χ4v) is 3.24. The van der Waals surface area contributed by atoms with Gasteiger partial charge in [-0.15, -0.1) is 0 Å². The Morgan fingerprint density at radius 1 is 1.15 bits per heavy atom. The first-order chi connectivity index (χ1) is 12.8. The van der Waals surface area contributed by atoms with Gasteiger partial charge in [-0.3, -0.25) is 9.59 Å². The molecule has 1 amide bonds. The van der Waals surface area contributed by atoms with Gasteiger partial charge in [-0.05, 0) is 19.9 Å². The molecule has 2 N–H and O–H groups in total. The van der Waals surface area contributed by atoms with Crippen molar-refractivity contribution in [1.29, 1.82) is 0 Å². The summed E-state index contributed by atoms with van der Waals surface area (Å²) in [4.78, 5) is 26.3. The van der Waals surface area contributed by atoms with Crippen LogP contribution in [0.5, 0.6) is 0 Å². The number of aryl methyl sites for hydroxylation is 1. The number of nitrogens with zero attached hydrogens (tertiary/aromatic N) is 1. The van der Waals surface area contributed by atoms with Crippen molar-refractivity contribution in [2.45, 2.75) is 26.0 Å². The van der Waals surface area contributed by atoms with E-state index in [2.05, 4.69) is 0 Å². The molecule has 0 saturated carbocycles. The van der Waals surface area contributed by atoms with Crippen LogP contribution in [0.3, 0.4) is 0 Å². The molecule has 27 heavy (non-hydrogen) atoms. The number of benzene rings is 2. The Labute approximate surface area is 156 Å². The number of aliphatic hydroxyl groups excluding tert-OH is 2. The number of rotatable bonds is 4. The number of aliphatic hydroxyl groups is 2. The second kappa shape index (κ2) is 7.32. The summed E-state index contributed by atoms with van der Waals surface area (Å²) in [5, 5.41) is 20.5. The zero-order chi connectivity index (χ0) is 19.7. The number of hydrogen-bond donors (Lipinski definition) is 2.